The van der Waals surface area contributed by atoms with Gasteiger partial charge in [0, 0.05) is 20.3 Å². The molecule has 6 nitrogen and oxygen atoms in total. The Balaban J connectivity index is 2.50. The summed E-state index contributed by atoms with van der Waals surface area (Å²) < 4.78 is 15.4. The zero-order valence-corrected chi connectivity index (χ0v) is 12.7. The maximum absolute atomic E-state index is 11.1. The number of ether oxygens (including phenoxy) is 3. The molecule has 0 radical (unpaired) electrons. The molecule has 0 spiro atoms. The summed E-state index contributed by atoms with van der Waals surface area (Å²) in [5.74, 6) is -1.05. The van der Waals surface area contributed by atoms with Crippen LogP contribution in [-0.4, -0.2) is 37.0 Å². The minimum Gasteiger partial charge on any atom is -0.460 e. The van der Waals surface area contributed by atoms with Crippen molar-refractivity contribution in [1.29, 1.82) is 0 Å². The highest BCUT2D eigenvalue weighted by molar-refractivity contribution is 5.70. The van der Waals surface area contributed by atoms with E-state index in [-0.39, 0.29) is 13.0 Å². The molecule has 0 heterocycles. The van der Waals surface area contributed by atoms with Crippen molar-refractivity contribution >= 4 is 18.2 Å². The maximum Gasteiger partial charge on any atom is 0.303 e. The number of carbonyl (C=O) groups excluding carboxylic acids is 3. The fourth-order valence-corrected chi connectivity index (χ4v) is 1.87. The largest absolute Gasteiger partial charge is 0.460 e. The van der Waals surface area contributed by atoms with E-state index >= 15 is 0 Å². The number of aldehydes is 1. The highest BCUT2D eigenvalue weighted by Crippen LogP contribution is 2.09. The summed E-state index contributed by atoms with van der Waals surface area (Å²) in [7, 11) is 0. The van der Waals surface area contributed by atoms with Crippen molar-refractivity contribution in [2.45, 2.75) is 39.1 Å². The molecule has 1 aromatic rings. The Morgan fingerprint density at radius 3 is 2.27 bits per heavy atom. The van der Waals surface area contributed by atoms with Gasteiger partial charge in [0.1, 0.15) is 6.10 Å². The van der Waals surface area contributed by atoms with E-state index in [9.17, 15) is 14.4 Å². The van der Waals surface area contributed by atoms with Crippen molar-refractivity contribution in [3.63, 3.8) is 0 Å². The lowest BCUT2D eigenvalue weighted by Crippen LogP contribution is -2.30. The zero-order chi connectivity index (χ0) is 16.4. The highest BCUT2D eigenvalue weighted by Gasteiger charge is 2.21. The minimum atomic E-state index is -0.956. The van der Waals surface area contributed by atoms with Crippen LogP contribution in [-0.2, 0) is 35.2 Å². The Kier molecular flexibility index (Phi) is 7.85. The lowest BCUT2D eigenvalue weighted by molar-refractivity contribution is -0.157. The Hall–Kier alpha value is -2.21. The summed E-state index contributed by atoms with van der Waals surface area (Å²) >= 11 is 0. The van der Waals surface area contributed by atoms with E-state index in [1.807, 2.05) is 30.3 Å². The van der Waals surface area contributed by atoms with Crippen LogP contribution in [0.25, 0.3) is 0 Å². The van der Waals surface area contributed by atoms with Gasteiger partial charge in [0.05, 0.1) is 13.2 Å². The predicted molar refractivity (Wildman–Crippen MR) is 77.9 cm³/mol. The molecule has 0 aliphatic rings. The molecule has 1 rings (SSSR count). The summed E-state index contributed by atoms with van der Waals surface area (Å²) in [5.41, 5.74) is 0.982. The van der Waals surface area contributed by atoms with Gasteiger partial charge in [-0.1, -0.05) is 30.3 Å². The molecule has 6 heteroatoms. The van der Waals surface area contributed by atoms with Gasteiger partial charge in [-0.05, 0) is 5.56 Å². The van der Waals surface area contributed by atoms with Gasteiger partial charge in [0.2, 0.25) is 0 Å². The standard InChI is InChI=1S/C16H20O6/c1-12(18)21-15(9-17)8-16(22-13(2)19)11-20-10-14-6-4-3-5-7-14/h3-7,9,15-16H,8,10-11H2,1-2H3/t15-,16+/m0/s1. The van der Waals surface area contributed by atoms with Crippen LogP contribution < -0.4 is 0 Å². The van der Waals surface area contributed by atoms with Gasteiger partial charge >= 0.3 is 11.9 Å². The molecule has 0 fully saturated rings. The van der Waals surface area contributed by atoms with Crippen molar-refractivity contribution in [2.75, 3.05) is 6.61 Å². The summed E-state index contributed by atoms with van der Waals surface area (Å²) in [6.45, 7) is 2.95. The first-order valence-electron chi connectivity index (χ1n) is 6.92. The van der Waals surface area contributed by atoms with E-state index in [0.29, 0.717) is 12.9 Å². The number of rotatable bonds is 9. The molecule has 0 saturated heterocycles. The van der Waals surface area contributed by atoms with Crippen LogP contribution in [0.4, 0.5) is 0 Å². The average Bonchev–Trinajstić information content (AvgIpc) is 2.46. The third-order valence-corrected chi connectivity index (χ3v) is 2.71. The highest BCUT2D eigenvalue weighted by atomic mass is 16.6. The van der Waals surface area contributed by atoms with Gasteiger partial charge in [0.25, 0.3) is 0 Å². The molecule has 1 aromatic carbocycles. The van der Waals surface area contributed by atoms with E-state index in [1.54, 1.807) is 0 Å². The van der Waals surface area contributed by atoms with Gasteiger partial charge in [-0.25, -0.2) is 0 Å². The van der Waals surface area contributed by atoms with E-state index in [1.165, 1.54) is 13.8 Å². The van der Waals surface area contributed by atoms with Crippen LogP contribution in [0.15, 0.2) is 30.3 Å². The summed E-state index contributed by atoms with van der Waals surface area (Å²) in [4.78, 5) is 32.9. The average molecular weight is 308 g/mol. The third-order valence-electron chi connectivity index (χ3n) is 2.71. The second-order valence-corrected chi connectivity index (χ2v) is 4.75. The normalized spacial score (nSPS) is 13.0. The Bertz CT molecular complexity index is 485. The van der Waals surface area contributed by atoms with Gasteiger partial charge in [-0.3, -0.25) is 14.4 Å². The predicted octanol–water partition coefficient (Wildman–Crippen LogP) is 1.66. The van der Waals surface area contributed by atoms with Crippen LogP contribution in [0.5, 0.6) is 0 Å². The van der Waals surface area contributed by atoms with Crippen LogP contribution in [0.1, 0.15) is 25.8 Å². The Morgan fingerprint density at radius 2 is 1.73 bits per heavy atom. The van der Waals surface area contributed by atoms with Crippen molar-refractivity contribution < 1.29 is 28.6 Å². The Morgan fingerprint density at radius 1 is 1.09 bits per heavy atom. The lowest BCUT2D eigenvalue weighted by Gasteiger charge is -2.20. The number of hydrogen-bond acceptors (Lipinski definition) is 6. The molecular formula is C16H20O6. The second-order valence-electron chi connectivity index (χ2n) is 4.75. The number of benzene rings is 1. The monoisotopic (exact) mass is 308 g/mol. The topological polar surface area (TPSA) is 78.9 Å². The molecule has 0 bridgehead atoms. The summed E-state index contributed by atoms with van der Waals surface area (Å²) in [5, 5.41) is 0. The summed E-state index contributed by atoms with van der Waals surface area (Å²) in [6, 6.07) is 9.51. The summed E-state index contributed by atoms with van der Waals surface area (Å²) in [6.07, 6.45) is -1.04. The molecule has 0 aliphatic heterocycles. The van der Waals surface area contributed by atoms with E-state index in [4.69, 9.17) is 14.2 Å². The quantitative estimate of drug-likeness (QED) is 0.510. The van der Waals surface area contributed by atoms with Crippen molar-refractivity contribution in [3.05, 3.63) is 35.9 Å². The Labute approximate surface area is 129 Å². The number of hydrogen-bond donors (Lipinski definition) is 0. The molecule has 0 aliphatic carbocycles. The first-order chi connectivity index (χ1) is 10.5. The van der Waals surface area contributed by atoms with Gasteiger partial charge < -0.3 is 14.2 Å². The van der Waals surface area contributed by atoms with Crippen molar-refractivity contribution in [3.8, 4) is 0 Å². The number of carbonyl (C=O) groups is 3. The zero-order valence-electron chi connectivity index (χ0n) is 12.7. The third kappa shape index (κ3) is 7.54. The number of esters is 2. The van der Waals surface area contributed by atoms with Crippen molar-refractivity contribution in [2.24, 2.45) is 0 Å². The minimum absolute atomic E-state index is 0.0669. The van der Waals surface area contributed by atoms with Crippen LogP contribution in [0.3, 0.4) is 0 Å². The van der Waals surface area contributed by atoms with Crippen molar-refractivity contribution in [1.82, 2.24) is 0 Å². The smallest absolute Gasteiger partial charge is 0.303 e. The molecule has 2 atom stereocenters. The molecule has 0 unspecified atom stereocenters. The van der Waals surface area contributed by atoms with E-state index < -0.39 is 24.1 Å². The molecule has 0 aromatic heterocycles. The fourth-order valence-electron chi connectivity index (χ4n) is 1.87. The first kappa shape index (κ1) is 17.8. The van der Waals surface area contributed by atoms with Crippen LogP contribution >= 0.6 is 0 Å². The maximum atomic E-state index is 11.1. The lowest BCUT2D eigenvalue weighted by atomic mass is 10.2. The van der Waals surface area contributed by atoms with Crippen LogP contribution in [0.2, 0.25) is 0 Å². The van der Waals surface area contributed by atoms with Crippen LogP contribution in [0, 0.1) is 0 Å². The van der Waals surface area contributed by atoms with Gasteiger partial charge in [-0.2, -0.15) is 0 Å². The molecule has 0 amide bonds. The SMILES string of the molecule is CC(=O)O[C@@H](COCc1ccccc1)C[C@@H](C=O)OC(C)=O. The fraction of sp³-hybridized carbons (Fsp3) is 0.438. The molecule has 120 valence electrons. The molecule has 0 N–H and O–H groups in total. The first-order valence-corrected chi connectivity index (χ1v) is 6.92. The molecular weight excluding hydrogens is 288 g/mol. The molecule has 22 heavy (non-hydrogen) atoms. The molecule has 0 saturated carbocycles. The van der Waals surface area contributed by atoms with Gasteiger partial charge in [0.15, 0.2) is 12.4 Å². The second kappa shape index (κ2) is 9.68. The van der Waals surface area contributed by atoms with E-state index in [0.717, 1.165) is 5.56 Å². The van der Waals surface area contributed by atoms with Gasteiger partial charge in [-0.15, -0.1) is 0 Å². The van der Waals surface area contributed by atoms with E-state index in [2.05, 4.69) is 0 Å².